The number of carbonyl (C=O) groups is 2. The normalized spacial score (nSPS) is 15.9. The molecule has 9 nitrogen and oxygen atoms in total. The summed E-state index contributed by atoms with van der Waals surface area (Å²) in [6.07, 6.45) is 2.66. The molecule has 24 heavy (non-hydrogen) atoms. The van der Waals surface area contributed by atoms with Crippen molar-refractivity contribution in [2.24, 2.45) is 12.5 Å². The monoisotopic (exact) mass is 347 g/mol. The van der Waals surface area contributed by atoms with Crippen LogP contribution in [0, 0.1) is 5.41 Å². The molecule has 0 saturated heterocycles. The summed E-state index contributed by atoms with van der Waals surface area (Å²) in [6, 6.07) is 0. The van der Waals surface area contributed by atoms with E-state index in [9.17, 15) is 9.59 Å². The van der Waals surface area contributed by atoms with Crippen LogP contribution in [0.25, 0.3) is 0 Å². The Morgan fingerprint density at radius 2 is 2.21 bits per heavy atom. The third-order valence-electron chi connectivity index (χ3n) is 3.62. The lowest BCUT2D eigenvalue weighted by Crippen LogP contribution is -2.29. The predicted molar refractivity (Wildman–Crippen MR) is 86.6 cm³/mol. The summed E-state index contributed by atoms with van der Waals surface area (Å²) in [5.74, 6) is 0.133. The molecule has 0 unspecified atom stereocenters. The van der Waals surface area contributed by atoms with E-state index < -0.39 is 0 Å². The molecule has 1 aliphatic rings. The lowest BCUT2D eigenvalue weighted by molar-refractivity contribution is -0.113. The number of aryl methyl sites for hydroxylation is 1. The number of nitrogens with one attached hydrogen (secondary N) is 1. The van der Waals surface area contributed by atoms with E-state index in [0.29, 0.717) is 29.3 Å². The molecule has 0 bridgehead atoms. The van der Waals surface area contributed by atoms with Crippen molar-refractivity contribution in [1.82, 2.24) is 30.2 Å². The average Bonchev–Trinajstić information content (AvgIpc) is 2.89. The maximum absolute atomic E-state index is 12.1. The SMILES string of the molecule is Cn1nnnc1SCC(=O)Nc1ncc2c(n1)CC(C)(C)CC2=O. The highest BCUT2D eigenvalue weighted by Crippen LogP contribution is 2.33. The van der Waals surface area contributed by atoms with Crippen LogP contribution >= 0.6 is 11.8 Å². The van der Waals surface area contributed by atoms with Gasteiger partial charge in [-0.1, -0.05) is 25.6 Å². The molecule has 0 aliphatic heterocycles. The molecule has 1 aliphatic carbocycles. The van der Waals surface area contributed by atoms with E-state index in [1.165, 1.54) is 22.6 Å². The minimum absolute atomic E-state index is 0.0458. The lowest BCUT2D eigenvalue weighted by Gasteiger charge is -2.29. The van der Waals surface area contributed by atoms with Crippen molar-refractivity contribution < 1.29 is 9.59 Å². The Bertz CT molecular complexity index is 802. The van der Waals surface area contributed by atoms with Gasteiger partial charge in [-0.25, -0.2) is 14.6 Å². The Balaban J connectivity index is 1.67. The van der Waals surface area contributed by atoms with E-state index in [2.05, 4.69) is 30.8 Å². The van der Waals surface area contributed by atoms with Gasteiger partial charge < -0.3 is 0 Å². The van der Waals surface area contributed by atoms with Crippen LogP contribution < -0.4 is 5.32 Å². The van der Waals surface area contributed by atoms with Gasteiger partial charge in [0.1, 0.15) is 0 Å². The van der Waals surface area contributed by atoms with Gasteiger partial charge in [-0.2, -0.15) is 0 Å². The molecule has 0 saturated carbocycles. The molecule has 2 aromatic heterocycles. The summed E-state index contributed by atoms with van der Waals surface area (Å²) in [4.78, 5) is 32.5. The van der Waals surface area contributed by atoms with Crippen LogP contribution in [0.5, 0.6) is 0 Å². The van der Waals surface area contributed by atoms with E-state index in [-0.39, 0.29) is 28.8 Å². The van der Waals surface area contributed by atoms with Crippen molar-refractivity contribution in [2.45, 2.75) is 31.8 Å². The maximum Gasteiger partial charge on any atom is 0.237 e. The highest BCUT2D eigenvalue weighted by molar-refractivity contribution is 7.99. The van der Waals surface area contributed by atoms with Gasteiger partial charge in [0.25, 0.3) is 0 Å². The van der Waals surface area contributed by atoms with Crippen molar-refractivity contribution in [2.75, 3.05) is 11.1 Å². The summed E-state index contributed by atoms with van der Waals surface area (Å²) in [7, 11) is 1.70. The van der Waals surface area contributed by atoms with Crippen LogP contribution in [0.1, 0.15) is 36.3 Å². The fourth-order valence-corrected chi connectivity index (χ4v) is 3.18. The topological polar surface area (TPSA) is 116 Å². The summed E-state index contributed by atoms with van der Waals surface area (Å²) in [5.41, 5.74) is 1.10. The quantitative estimate of drug-likeness (QED) is 0.811. The van der Waals surface area contributed by atoms with Crippen molar-refractivity contribution >= 4 is 29.4 Å². The molecule has 2 heterocycles. The number of hydrogen-bond donors (Lipinski definition) is 1. The number of nitrogens with zero attached hydrogens (tertiary/aromatic N) is 6. The number of carbonyl (C=O) groups excluding carboxylic acids is 2. The number of Topliss-reactive ketones (excluding diaryl/α,β-unsaturated/α-hetero) is 1. The number of thioether (sulfide) groups is 1. The second kappa shape index (κ2) is 6.27. The van der Waals surface area contributed by atoms with Gasteiger partial charge in [-0.15, -0.1) is 5.10 Å². The first-order valence-corrected chi connectivity index (χ1v) is 8.37. The van der Waals surface area contributed by atoms with E-state index in [1.54, 1.807) is 7.05 Å². The van der Waals surface area contributed by atoms with Crippen LogP contribution in [0.2, 0.25) is 0 Å². The molecule has 0 aromatic carbocycles. The van der Waals surface area contributed by atoms with Crippen LogP contribution in [-0.2, 0) is 18.3 Å². The third kappa shape index (κ3) is 3.58. The Hall–Kier alpha value is -2.36. The van der Waals surface area contributed by atoms with Gasteiger partial charge in [0.05, 0.1) is 17.0 Å². The highest BCUT2D eigenvalue weighted by atomic mass is 32.2. The number of tetrazole rings is 1. The second-order valence-corrected chi connectivity index (χ2v) is 7.36. The van der Waals surface area contributed by atoms with Crippen LogP contribution in [-0.4, -0.2) is 47.6 Å². The summed E-state index contributed by atoms with van der Waals surface area (Å²) in [5, 5.41) is 14.2. The minimum Gasteiger partial charge on any atom is -0.294 e. The molecule has 0 atom stereocenters. The molecule has 126 valence electrons. The van der Waals surface area contributed by atoms with Gasteiger partial charge >= 0.3 is 0 Å². The van der Waals surface area contributed by atoms with Crippen LogP contribution in [0.3, 0.4) is 0 Å². The Morgan fingerprint density at radius 3 is 2.92 bits per heavy atom. The largest absolute Gasteiger partial charge is 0.294 e. The van der Waals surface area contributed by atoms with Crippen molar-refractivity contribution in [3.63, 3.8) is 0 Å². The number of rotatable bonds is 4. The zero-order valence-electron chi connectivity index (χ0n) is 13.6. The average molecular weight is 347 g/mol. The van der Waals surface area contributed by atoms with Crippen molar-refractivity contribution in [3.8, 4) is 0 Å². The molecule has 1 N–H and O–H groups in total. The van der Waals surface area contributed by atoms with E-state index >= 15 is 0 Å². The molecule has 10 heteroatoms. The fourth-order valence-electron chi connectivity index (χ4n) is 2.53. The molecular formula is C14H17N7O2S. The van der Waals surface area contributed by atoms with E-state index in [1.807, 2.05) is 13.8 Å². The minimum atomic E-state index is -0.260. The number of aromatic nitrogens is 6. The fraction of sp³-hybridized carbons (Fsp3) is 0.500. The highest BCUT2D eigenvalue weighted by Gasteiger charge is 2.32. The Labute approximate surface area is 142 Å². The van der Waals surface area contributed by atoms with Crippen LogP contribution in [0.15, 0.2) is 11.4 Å². The molecule has 0 fully saturated rings. The summed E-state index contributed by atoms with van der Waals surface area (Å²) < 4.78 is 1.49. The van der Waals surface area contributed by atoms with E-state index in [4.69, 9.17) is 0 Å². The third-order valence-corrected chi connectivity index (χ3v) is 4.63. The molecule has 2 aromatic rings. The number of amides is 1. The molecule has 0 spiro atoms. The van der Waals surface area contributed by atoms with Gasteiger partial charge in [0.15, 0.2) is 5.78 Å². The standard InChI is InChI=1S/C14H17N7O2S/c1-14(2)4-9-8(10(22)5-14)6-15-12(16-9)17-11(23)7-24-13-18-19-20-21(13)3/h6H,4-5,7H2,1-3H3,(H,15,16,17,23). The predicted octanol–water partition coefficient (Wildman–Crippen LogP) is 0.886. The number of anilines is 1. The first-order valence-electron chi connectivity index (χ1n) is 7.38. The molecule has 3 rings (SSSR count). The maximum atomic E-state index is 12.1. The van der Waals surface area contributed by atoms with Gasteiger partial charge in [0.2, 0.25) is 17.0 Å². The second-order valence-electron chi connectivity index (χ2n) is 6.42. The molecule has 1 amide bonds. The van der Waals surface area contributed by atoms with Crippen LogP contribution in [0.4, 0.5) is 5.95 Å². The smallest absolute Gasteiger partial charge is 0.237 e. The first kappa shape index (κ1) is 16.5. The number of hydrogen-bond acceptors (Lipinski definition) is 8. The Kier molecular flexibility index (Phi) is 4.31. The zero-order valence-corrected chi connectivity index (χ0v) is 14.4. The summed E-state index contributed by atoms with van der Waals surface area (Å²) >= 11 is 1.22. The first-order chi connectivity index (χ1) is 11.3. The van der Waals surface area contributed by atoms with Crippen molar-refractivity contribution in [3.05, 3.63) is 17.5 Å². The van der Waals surface area contributed by atoms with Gasteiger partial charge in [0, 0.05) is 19.7 Å². The summed E-state index contributed by atoms with van der Waals surface area (Å²) in [6.45, 7) is 4.06. The molecule has 0 radical (unpaired) electrons. The van der Waals surface area contributed by atoms with Gasteiger partial charge in [-0.3, -0.25) is 14.9 Å². The lowest BCUT2D eigenvalue weighted by atomic mass is 9.76. The van der Waals surface area contributed by atoms with E-state index in [0.717, 1.165) is 0 Å². The van der Waals surface area contributed by atoms with Crippen molar-refractivity contribution in [1.29, 1.82) is 0 Å². The molecular weight excluding hydrogens is 330 g/mol. The number of ketones is 1. The zero-order chi connectivity index (χ0) is 17.3. The number of fused-ring (bicyclic) bond motifs is 1. The van der Waals surface area contributed by atoms with Gasteiger partial charge in [-0.05, 0) is 22.3 Å². The Morgan fingerprint density at radius 1 is 1.42 bits per heavy atom.